The Kier molecular flexibility index (Phi) is 9.14. The average molecular weight is 260 g/mol. The Bertz CT molecular complexity index is 182. The zero-order valence-electron chi connectivity index (χ0n) is 12.5. The molecule has 0 aromatic heterocycles. The summed E-state index contributed by atoms with van der Waals surface area (Å²) < 4.78 is 5.56. The van der Waals surface area contributed by atoms with Crippen molar-refractivity contribution in [2.24, 2.45) is 5.73 Å². The number of hydrogen-bond donors (Lipinski definition) is 1. The van der Waals surface area contributed by atoms with E-state index >= 15 is 0 Å². The van der Waals surface area contributed by atoms with Crippen LogP contribution in [0, 0.1) is 0 Å². The SMILES string of the molecule is CCCN(CCC)CCC(N)CC(C)(C)O[SiH3]. The molecule has 0 bridgehead atoms. The highest BCUT2D eigenvalue weighted by Gasteiger charge is 2.20. The molecule has 0 aromatic carbocycles. The minimum atomic E-state index is -0.0357. The topological polar surface area (TPSA) is 38.5 Å². The van der Waals surface area contributed by atoms with Crippen LogP contribution in [0.25, 0.3) is 0 Å². The minimum absolute atomic E-state index is 0.0357. The van der Waals surface area contributed by atoms with Crippen LogP contribution in [0.4, 0.5) is 0 Å². The normalized spacial score (nSPS) is 14.5. The molecule has 0 fully saturated rings. The Morgan fingerprint density at radius 1 is 1.18 bits per heavy atom. The minimum Gasteiger partial charge on any atom is -0.423 e. The monoisotopic (exact) mass is 260 g/mol. The van der Waals surface area contributed by atoms with Crippen molar-refractivity contribution in [2.45, 2.75) is 65.0 Å². The Morgan fingerprint density at radius 2 is 1.71 bits per heavy atom. The summed E-state index contributed by atoms with van der Waals surface area (Å²) in [6.07, 6.45) is 4.49. The van der Waals surface area contributed by atoms with Crippen LogP contribution < -0.4 is 5.73 Å². The molecule has 1 atom stereocenters. The number of rotatable bonds is 10. The Morgan fingerprint density at radius 3 is 2.12 bits per heavy atom. The van der Waals surface area contributed by atoms with Gasteiger partial charge < -0.3 is 15.1 Å². The van der Waals surface area contributed by atoms with E-state index in [1.54, 1.807) is 0 Å². The molecular weight excluding hydrogens is 228 g/mol. The van der Waals surface area contributed by atoms with E-state index in [2.05, 4.69) is 32.6 Å². The third-order valence-electron chi connectivity index (χ3n) is 3.20. The maximum Gasteiger partial charge on any atom is 0.146 e. The fraction of sp³-hybridized carbons (Fsp3) is 1.00. The van der Waals surface area contributed by atoms with Gasteiger partial charge in [0, 0.05) is 6.04 Å². The molecule has 0 saturated heterocycles. The summed E-state index contributed by atoms with van der Waals surface area (Å²) in [6, 6.07) is 0.259. The summed E-state index contributed by atoms with van der Waals surface area (Å²) in [4.78, 5) is 2.52. The van der Waals surface area contributed by atoms with Gasteiger partial charge in [-0.1, -0.05) is 13.8 Å². The van der Waals surface area contributed by atoms with Gasteiger partial charge in [-0.3, -0.25) is 0 Å². The third kappa shape index (κ3) is 8.77. The Hall–Kier alpha value is 0.0969. The van der Waals surface area contributed by atoms with Crippen LogP contribution in [-0.4, -0.2) is 46.7 Å². The fourth-order valence-electron chi connectivity index (χ4n) is 2.13. The van der Waals surface area contributed by atoms with Gasteiger partial charge in [-0.15, -0.1) is 0 Å². The first-order valence-corrected chi connectivity index (χ1v) is 7.80. The van der Waals surface area contributed by atoms with Crippen LogP contribution in [0.3, 0.4) is 0 Å². The molecule has 104 valence electrons. The predicted octanol–water partition coefficient (Wildman–Crippen LogP) is 1.29. The van der Waals surface area contributed by atoms with E-state index in [0.29, 0.717) is 0 Å². The van der Waals surface area contributed by atoms with Gasteiger partial charge in [0.25, 0.3) is 0 Å². The first kappa shape index (κ1) is 17.1. The lowest BCUT2D eigenvalue weighted by Crippen LogP contribution is -2.37. The van der Waals surface area contributed by atoms with Gasteiger partial charge in [-0.05, 0) is 59.2 Å². The second-order valence-corrected chi connectivity index (χ2v) is 5.97. The summed E-state index contributed by atoms with van der Waals surface area (Å²) in [5, 5.41) is 0. The largest absolute Gasteiger partial charge is 0.423 e. The molecule has 0 saturated carbocycles. The number of hydrogen-bond acceptors (Lipinski definition) is 3. The second-order valence-electron chi connectivity index (χ2n) is 5.56. The third-order valence-corrected chi connectivity index (χ3v) is 4.31. The second kappa shape index (κ2) is 9.08. The first-order valence-electron chi connectivity index (χ1n) is 6.98. The van der Waals surface area contributed by atoms with Gasteiger partial charge in [0.1, 0.15) is 10.5 Å². The lowest BCUT2D eigenvalue weighted by atomic mass is 9.97. The van der Waals surface area contributed by atoms with Gasteiger partial charge in [-0.25, -0.2) is 0 Å². The van der Waals surface area contributed by atoms with Crippen LogP contribution in [0.2, 0.25) is 0 Å². The molecule has 4 heteroatoms. The first-order chi connectivity index (χ1) is 7.95. The van der Waals surface area contributed by atoms with Crippen molar-refractivity contribution in [2.75, 3.05) is 19.6 Å². The van der Waals surface area contributed by atoms with Gasteiger partial charge in [0.2, 0.25) is 0 Å². The van der Waals surface area contributed by atoms with Crippen molar-refractivity contribution in [3.63, 3.8) is 0 Å². The van der Waals surface area contributed by atoms with Gasteiger partial charge in [0.15, 0.2) is 0 Å². The van der Waals surface area contributed by atoms with E-state index in [0.717, 1.165) is 29.9 Å². The van der Waals surface area contributed by atoms with E-state index in [9.17, 15) is 0 Å². The van der Waals surface area contributed by atoms with Crippen molar-refractivity contribution in [3.05, 3.63) is 0 Å². The van der Waals surface area contributed by atoms with Crippen molar-refractivity contribution in [1.29, 1.82) is 0 Å². The highest BCUT2D eigenvalue weighted by molar-refractivity contribution is 5.98. The smallest absolute Gasteiger partial charge is 0.146 e. The Balaban J connectivity index is 3.90. The summed E-state index contributed by atoms with van der Waals surface area (Å²) >= 11 is 0. The lowest BCUT2D eigenvalue weighted by Gasteiger charge is -2.29. The summed E-state index contributed by atoms with van der Waals surface area (Å²) in [5.74, 6) is 0. The molecule has 2 N–H and O–H groups in total. The van der Waals surface area contributed by atoms with Crippen LogP contribution in [0.15, 0.2) is 0 Å². The van der Waals surface area contributed by atoms with Crippen LogP contribution in [0.1, 0.15) is 53.4 Å². The molecule has 17 heavy (non-hydrogen) atoms. The molecule has 0 heterocycles. The highest BCUT2D eigenvalue weighted by Crippen LogP contribution is 2.16. The molecule has 0 aliphatic heterocycles. The van der Waals surface area contributed by atoms with E-state index in [1.807, 2.05) is 0 Å². The van der Waals surface area contributed by atoms with E-state index < -0.39 is 0 Å². The maximum atomic E-state index is 6.18. The van der Waals surface area contributed by atoms with Crippen LogP contribution in [-0.2, 0) is 4.43 Å². The molecule has 0 aliphatic carbocycles. The molecule has 1 unspecified atom stereocenters. The predicted molar refractivity (Wildman–Crippen MR) is 79.3 cm³/mol. The van der Waals surface area contributed by atoms with Gasteiger partial charge in [0.05, 0.1) is 5.60 Å². The van der Waals surface area contributed by atoms with Crippen molar-refractivity contribution >= 4 is 10.5 Å². The van der Waals surface area contributed by atoms with Gasteiger partial charge in [-0.2, -0.15) is 0 Å². The van der Waals surface area contributed by atoms with E-state index in [4.69, 9.17) is 10.2 Å². The molecule has 0 aromatic rings. The molecule has 3 nitrogen and oxygen atoms in total. The van der Waals surface area contributed by atoms with Crippen LogP contribution in [0.5, 0.6) is 0 Å². The average Bonchev–Trinajstić information content (AvgIpc) is 2.26. The van der Waals surface area contributed by atoms with E-state index in [1.165, 1.54) is 25.9 Å². The lowest BCUT2D eigenvalue weighted by molar-refractivity contribution is 0.100. The van der Waals surface area contributed by atoms with Crippen molar-refractivity contribution in [1.82, 2.24) is 4.90 Å². The zero-order valence-corrected chi connectivity index (χ0v) is 14.5. The molecule has 0 rings (SSSR count). The van der Waals surface area contributed by atoms with E-state index in [-0.39, 0.29) is 11.6 Å². The van der Waals surface area contributed by atoms with Crippen LogP contribution >= 0.6 is 0 Å². The van der Waals surface area contributed by atoms with Gasteiger partial charge >= 0.3 is 0 Å². The maximum absolute atomic E-state index is 6.18. The highest BCUT2D eigenvalue weighted by atomic mass is 28.2. The van der Waals surface area contributed by atoms with Crippen molar-refractivity contribution < 1.29 is 4.43 Å². The fourth-order valence-corrected chi connectivity index (χ4v) is 2.30. The van der Waals surface area contributed by atoms with Crippen molar-refractivity contribution in [3.8, 4) is 0 Å². The molecule has 0 aliphatic rings. The number of nitrogens with zero attached hydrogens (tertiary/aromatic N) is 1. The molecule has 0 spiro atoms. The zero-order chi connectivity index (χ0) is 13.3. The molecule has 0 amide bonds. The summed E-state index contributed by atoms with van der Waals surface area (Å²) in [7, 11) is 0.790. The summed E-state index contributed by atoms with van der Waals surface area (Å²) in [5.41, 5.74) is 6.15. The molecule has 0 radical (unpaired) electrons. The molecular formula is C13H32N2OSi. The Labute approximate surface area is 111 Å². The summed E-state index contributed by atoms with van der Waals surface area (Å²) in [6.45, 7) is 12.3. The number of nitrogens with two attached hydrogens (primary N) is 1. The quantitative estimate of drug-likeness (QED) is 0.602. The standard InChI is InChI=1S/C13H32N2OSi/c1-5-8-15(9-6-2)10-7-12(14)11-13(3,4)16-17/h12H,5-11,14H2,1-4,17H3.